The van der Waals surface area contributed by atoms with Crippen LogP contribution >= 0.6 is 12.6 Å². The van der Waals surface area contributed by atoms with E-state index >= 15 is 0 Å². The molecule has 0 bridgehead atoms. The molecule has 3 atom stereocenters. The van der Waals surface area contributed by atoms with Crippen LogP contribution in [-0.4, -0.2) is 10.8 Å². The van der Waals surface area contributed by atoms with Gasteiger partial charge in [-0.2, -0.15) is 12.6 Å². The molecule has 0 spiro atoms. The van der Waals surface area contributed by atoms with Crippen molar-refractivity contribution in [3.05, 3.63) is 0 Å². The summed E-state index contributed by atoms with van der Waals surface area (Å²) in [4.78, 5) is 0. The first-order valence-electron chi connectivity index (χ1n) is 6.08. The molecule has 0 aliphatic heterocycles. The van der Waals surface area contributed by atoms with Gasteiger partial charge in [0, 0.05) is 10.8 Å². The Bertz CT molecular complexity index is 212. The smallest absolute Gasteiger partial charge is 0.01000 e. The zero-order chi connectivity index (χ0) is 11.9. The summed E-state index contributed by atoms with van der Waals surface area (Å²) >= 11 is 4.66. The lowest BCUT2D eigenvalue weighted by Gasteiger charge is -2.47. The lowest BCUT2D eigenvalue weighted by molar-refractivity contribution is 0.0780. The predicted molar refractivity (Wildman–Crippen MR) is 71.3 cm³/mol. The normalized spacial score (nSPS) is 29.8. The predicted octanol–water partition coefficient (Wildman–Crippen LogP) is 3.48. The van der Waals surface area contributed by atoms with Gasteiger partial charge < -0.3 is 5.73 Å². The highest BCUT2D eigenvalue weighted by Gasteiger charge is 2.41. The molecule has 15 heavy (non-hydrogen) atoms. The van der Waals surface area contributed by atoms with Crippen molar-refractivity contribution in [2.24, 2.45) is 23.0 Å². The van der Waals surface area contributed by atoms with Gasteiger partial charge in [-0.1, -0.05) is 20.8 Å². The number of rotatable bonds is 3. The Kier molecular flexibility index (Phi) is 3.83. The van der Waals surface area contributed by atoms with E-state index in [2.05, 4.69) is 47.2 Å². The molecule has 90 valence electrons. The van der Waals surface area contributed by atoms with Crippen LogP contribution in [0.25, 0.3) is 0 Å². The third kappa shape index (κ3) is 3.67. The van der Waals surface area contributed by atoms with Crippen LogP contribution < -0.4 is 5.73 Å². The summed E-state index contributed by atoms with van der Waals surface area (Å²) in [6, 6.07) is 0. The summed E-state index contributed by atoms with van der Waals surface area (Å²) in [6.07, 6.45) is 3.73. The van der Waals surface area contributed by atoms with Crippen molar-refractivity contribution >= 4 is 12.6 Å². The van der Waals surface area contributed by atoms with Crippen molar-refractivity contribution < 1.29 is 0 Å². The summed E-state index contributed by atoms with van der Waals surface area (Å²) in [7, 11) is 0. The Morgan fingerprint density at radius 1 is 1.20 bits per heavy atom. The van der Waals surface area contributed by atoms with E-state index in [1.807, 2.05) is 0 Å². The van der Waals surface area contributed by atoms with Gasteiger partial charge in [0.05, 0.1) is 0 Å². The van der Waals surface area contributed by atoms with E-state index in [4.69, 9.17) is 5.73 Å². The van der Waals surface area contributed by atoms with Crippen LogP contribution in [0.1, 0.15) is 53.9 Å². The second-order valence-corrected chi connectivity index (χ2v) is 7.64. The molecule has 0 amide bonds. The van der Waals surface area contributed by atoms with Crippen molar-refractivity contribution in [2.45, 2.75) is 64.7 Å². The van der Waals surface area contributed by atoms with Crippen molar-refractivity contribution in [1.29, 1.82) is 0 Å². The van der Waals surface area contributed by atoms with Crippen LogP contribution in [0.2, 0.25) is 0 Å². The average Bonchev–Trinajstić information content (AvgIpc) is 1.96. The van der Waals surface area contributed by atoms with Crippen molar-refractivity contribution in [3.63, 3.8) is 0 Å². The van der Waals surface area contributed by atoms with E-state index < -0.39 is 0 Å². The lowest BCUT2D eigenvalue weighted by Crippen LogP contribution is -2.45. The van der Waals surface area contributed by atoms with Crippen LogP contribution in [-0.2, 0) is 0 Å². The van der Waals surface area contributed by atoms with Gasteiger partial charge in [0.2, 0.25) is 0 Å². The first-order valence-corrected chi connectivity index (χ1v) is 6.60. The van der Waals surface area contributed by atoms with Gasteiger partial charge in [-0.05, 0) is 50.4 Å². The van der Waals surface area contributed by atoms with E-state index in [1.165, 1.54) is 12.8 Å². The maximum Gasteiger partial charge on any atom is 0.01000 e. The van der Waals surface area contributed by atoms with E-state index in [-0.39, 0.29) is 5.54 Å². The third-order valence-electron chi connectivity index (χ3n) is 3.67. The van der Waals surface area contributed by atoms with Crippen molar-refractivity contribution in [3.8, 4) is 0 Å². The molecule has 1 aliphatic rings. The van der Waals surface area contributed by atoms with E-state index in [0.717, 1.165) is 12.3 Å². The highest BCUT2D eigenvalue weighted by Crippen LogP contribution is 2.47. The van der Waals surface area contributed by atoms with E-state index in [9.17, 15) is 0 Å². The Morgan fingerprint density at radius 2 is 1.73 bits per heavy atom. The summed E-state index contributed by atoms with van der Waals surface area (Å²) < 4.78 is 0. The van der Waals surface area contributed by atoms with E-state index in [1.54, 1.807) is 0 Å². The second kappa shape index (κ2) is 4.29. The van der Waals surface area contributed by atoms with Gasteiger partial charge >= 0.3 is 0 Å². The zero-order valence-corrected chi connectivity index (χ0v) is 11.8. The van der Waals surface area contributed by atoms with Crippen LogP contribution in [0.15, 0.2) is 0 Å². The quantitative estimate of drug-likeness (QED) is 0.712. The molecule has 1 fully saturated rings. The molecule has 1 nitrogen and oxygen atoms in total. The van der Waals surface area contributed by atoms with Gasteiger partial charge in [0.15, 0.2) is 0 Å². The first-order chi connectivity index (χ1) is 6.61. The Balaban J connectivity index is 2.70. The molecule has 0 radical (unpaired) electrons. The summed E-state index contributed by atoms with van der Waals surface area (Å²) in [5, 5.41) is 0.608. The van der Waals surface area contributed by atoms with Crippen molar-refractivity contribution in [2.75, 3.05) is 0 Å². The van der Waals surface area contributed by atoms with Gasteiger partial charge in [0.1, 0.15) is 0 Å². The van der Waals surface area contributed by atoms with Crippen LogP contribution in [0.5, 0.6) is 0 Å². The minimum Gasteiger partial charge on any atom is -0.326 e. The zero-order valence-electron chi connectivity index (χ0n) is 10.9. The summed E-state index contributed by atoms with van der Waals surface area (Å²) in [5.74, 6) is 1.48. The minimum absolute atomic E-state index is 0.0545. The fourth-order valence-electron chi connectivity index (χ4n) is 2.64. The molecular formula is C13H27NS. The molecule has 1 rings (SSSR count). The largest absolute Gasteiger partial charge is 0.326 e. The topological polar surface area (TPSA) is 26.0 Å². The van der Waals surface area contributed by atoms with Crippen molar-refractivity contribution in [1.82, 2.24) is 0 Å². The number of hydrogen-bond acceptors (Lipinski definition) is 2. The molecule has 0 aromatic carbocycles. The monoisotopic (exact) mass is 229 g/mol. The molecule has 3 unspecified atom stereocenters. The Morgan fingerprint density at radius 3 is 1.93 bits per heavy atom. The maximum absolute atomic E-state index is 6.17. The first kappa shape index (κ1) is 13.4. The van der Waals surface area contributed by atoms with Crippen LogP contribution in [0.4, 0.5) is 0 Å². The minimum atomic E-state index is -0.0545. The molecule has 2 heteroatoms. The SMILES string of the molecule is CC(C)(N)CC(C1CCC1S)C(C)(C)C. The molecule has 1 aliphatic carbocycles. The molecular weight excluding hydrogens is 202 g/mol. The highest BCUT2D eigenvalue weighted by molar-refractivity contribution is 7.81. The second-order valence-electron chi connectivity index (χ2n) is 6.97. The van der Waals surface area contributed by atoms with Gasteiger partial charge in [0.25, 0.3) is 0 Å². The Hall–Kier alpha value is 0.310. The highest BCUT2D eigenvalue weighted by atomic mass is 32.1. The average molecular weight is 229 g/mol. The van der Waals surface area contributed by atoms with Gasteiger partial charge in [-0.15, -0.1) is 0 Å². The molecule has 1 saturated carbocycles. The molecule has 0 aromatic heterocycles. The molecule has 2 N–H and O–H groups in total. The molecule has 0 aromatic rings. The maximum atomic E-state index is 6.17. The standard InChI is InChI=1S/C13H27NS/c1-12(2,3)10(8-13(4,5)14)9-6-7-11(9)15/h9-11,15H,6-8,14H2,1-5H3. The number of nitrogens with two attached hydrogens (primary N) is 1. The molecule has 0 saturated heterocycles. The van der Waals surface area contributed by atoms with Gasteiger partial charge in [-0.3, -0.25) is 0 Å². The summed E-state index contributed by atoms with van der Waals surface area (Å²) in [6.45, 7) is 11.3. The number of hydrogen-bond donors (Lipinski definition) is 2. The molecule has 0 heterocycles. The van der Waals surface area contributed by atoms with E-state index in [0.29, 0.717) is 16.6 Å². The van der Waals surface area contributed by atoms with Gasteiger partial charge in [-0.25, -0.2) is 0 Å². The van der Waals surface area contributed by atoms with Crippen LogP contribution in [0.3, 0.4) is 0 Å². The fourth-order valence-corrected chi connectivity index (χ4v) is 3.15. The summed E-state index contributed by atoms with van der Waals surface area (Å²) in [5.41, 5.74) is 6.47. The third-order valence-corrected chi connectivity index (χ3v) is 4.31. The Labute approximate surface area is 101 Å². The van der Waals surface area contributed by atoms with Crippen LogP contribution in [0, 0.1) is 17.3 Å². The lowest BCUT2D eigenvalue weighted by atomic mass is 9.62. The number of thiol groups is 1. The fraction of sp³-hybridized carbons (Fsp3) is 1.00.